The summed E-state index contributed by atoms with van der Waals surface area (Å²) in [6, 6.07) is 21.2. The van der Waals surface area contributed by atoms with Crippen LogP contribution in [0.15, 0.2) is 66.9 Å². The van der Waals surface area contributed by atoms with Crippen LogP contribution in [0.2, 0.25) is 0 Å². The van der Waals surface area contributed by atoms with Crippen molar-refractivity contribution in [2.24, 2.45) is 0 Å². The molecule has 1 aliphatic heterocycles. The first-order chi connectivity index (χ1) is 11.3. The summed E-state index contributed by atoms with van der Waals surface area (Å²) in [5.41, 5.74) is 4.66. The molecule has 1 aliphatic rings. The van der Waals surface area contributed by atoms with Gasteiger partial charge in [-0.05, 0) is 18.6 Å². The summed E-state index contributed by atoms with van der Waals surface area (Å²) in [7, 11) is 0. The Morgan fingerprint density at radius 1 is 1.00 bits per heavy atom. The molecule has 114 valence electrons. The van der Waals surface area contributed by atoms with Crippen molar-refractivity contribution >= 4 is 6.08 Å². The van der Waals surface area contributed by atoms with Crippen molar-refractivity contribution in [1.82, 2.24) is 14.9 Å². The number of hydrogen-bond acceptors (Lipinski definition) is 2. The minimum absolute atomic E-state index is 0.331. The Morgan fingerprint density at radius 2 is 1.70 bits per heavy atom. The minimum Gasteiger partial charge on any atom is -0.365 e. The van der Waals surface area contributed by atoms with Crippen LogP contribution < -0.4 is 0 Å². The first kappa shape index (κ1) is 13.8. The number of benzene rings is 2. The molecule has 0 saturated carbocycles. The van der Waals surface area contributed by atoms with E-state index in [2.05, 4.69) is 71.5 Å². The molecule has 1 N–H and O–H groups in total. The zero-order chi connectivity index (χ0) is 15.6. The quantitative estimate of drug-likeness (QED) is 0.765. The highest BCUT2D eigenvalue weighted by Gasteiger charge is 2.20. The van der Waals surface area contributed by atoms with E-state index < -0.39 is 0 Å². The van der Waals surface area contributed by atoms with Crippen molar-refractivity contribution in [3.8, 4) is 11.4 Å². The van der Waals surface area contributed by atoms with E-state index in [1.807, 2.05) is 18.2 Å². The third kappa shape index (κ3) is 2.66. The number of aromatic nitrogens is 2. The molecule has 0 radical (unpaired) electrons. The number of nitrogens with one attached hydrogen (secondary N) is 1. The first-order valence-corrected chi connectivity index (χ1v) is 7.94. The van der Waals surface area contributed by atoms with Gasteiger partial charge in [0.05, 0.1) is 24.0 Å². The van der Waals surface area contributed by atoms with E-state index in [1.165, 1.54) is 5.56 Å². The molecule has 1 atom stereocenters. The predicted octanol–water partition coefficient (Wildman–Crippen LogP) is 4.62. The third-order valence-electron chi connectivity index (χ3n) is 4.40. The molecule has 3 heteroatoms. The van der Waals surface area contributed by atoms with Crippen molar-refractivity contribution in [3.05, 3.63) is 83.8 Å². The molecule has 0 bridgehead atoms. The van der Waals surface area contributed by atoms with Crippen molar-refractivity contribution in [2.75, 3.05) is 0 Å². The van der Waals surface area contributed by atoms with E-state index in [0.717, 1.165) is 29.3 Å². The second kappa shape index (κ2) is 5.76. The minimum atomic E-state index is 0.331. The van der Waals surface area contributed by atoms with Gasteiger partial charge in [0, 0.05) is 11.8 Å². The fraction of sp³-hybridized carbons (Fsp3) is 0.150. The van der Waals surface area contributed by atoms with Gasteiger partial charge >= 0.3 is 0 Å². The zero-order valence-corrected chi connectivity index (χ0v) is 13.1. The molecule has 1 aromatic heterocycles. The molecular weight excluding hydrogens is 282 g/mol. The molecule has 0 aliphatic carbocycles. The van der Waals surface area contributed by atoms with E-state index in [1.54, 1.807) is 0 Å². The summed E-state index contributed by atoms with van der Waals surface area (Å²) in [6.07, 6.45) is 4.28. The lowest BCUT2D eigenvalue weighted by molar-refractivity contribution is 0.285. The number of H-pyrrole nitrogens is 1. The summed E-state index contributed by atoms with van der Waals surface area (Å²) in [6.45, 7) is 3.06. The third-order valence-corrected chi connectivity index (χ3v) is 4.40. The molecule has 0 saturated heterocycles. The maximum atomic E-state index is 4.80. The number of fused-ring (bicyclic) bond motifs is 1. The fourth-order valence-corrected chi connectivity index (χ4v) is 3.00. The van der Waals surface area contributed by atoms with Gasteiger partial charge in [0.1, 0.15) is 5.82 Å². The molecule has 4 rings (SSSR count). The van der Waals surface area contributed by atoms with E-state index >= 15 is 0 Å². The monoisotopic (exact) mass is 301 g/mol. The Bertz CT molecular complexity index is 819. The predicted molar refractivity (Wildman–Crippen MR) is 93.5 cm³/mol. The second-order valence-corrected chi connectivity index (χ2v) is 5.89. The average molecular weight is 301 g/mol. The van der Waals surface area contributed by atoms with Gasteiger partial charge in [0.25, 0.3) is 0 Å². The molecule has 23 heavy (non-hydrogen) atoms. The standard InChI is InChI=1S/C20H19N3/c1-15(16-8-4-2-5-9-16)23-13-12-18-19(14-23)22-20(21-18)17-10-6-3-7-11-17/h2-13,15H,14H2,1H3,(H,21,22). The van der Waals surface area contributed by atoms with Crippen LogP contribution in [0.4, 0.5) is 0 Å². The fourth-order valence-electron chi connectivity index (χ4n) is 3.00. The Labute approximate surface area is 136 Å². The van der Waals surface area contributed by atoms with Crippen LogP contribution in [0, 0.1) is 0 Å². The molecule has 0 spiro atoms. The largest absolute Gasteiger partial charge is 0.365 e. The number of hydrogen-bond donors (Lipinski definition) is 1. The lowest BCUT2D eigenvalue weighted by Gasteiger charge is -2.29. The second-order valence-electron chi connectivity index (χ2n) is 5.89. The lowest BCUT2D eigenvalue weighted by atomic mass is 10.1. The van der Waals surface area contributed by atoms with Crippen LogP contribution >= 0.6 is 0 Å². The average Bonchev–Trinajstić information content (AvgIpc) is 3.06. The maximum absolute atomic E-state index is 4.80. The van der Waals surface area contributed by atoms with E-state index in [9.17, 15) is 0 Å². The number of nitrogens with zero attached hydrogens (tertiary/aromatic N) is 2. The smallest absolute Gasteiger partial charge is 0.138 e. The highest BCUT2D eigenvalue weighted by atomic mass is 15.2. The van der Waals surface area contributed by atoms with Crippen LogP contribution in [0.1, 0.15) is 29.9 Å². The van der Waals surface area contributed by atoms with Gasteiger partial charge in [-0.15, -0.1) is 0 Å². The van der Waals surface area contributed by atoms with E-state index in [4.69, 9.17) is 4.98 Å². The Hall–Kier alpha value is -2.81. The summed E-state index contributed by atoms with van der Waals surface area (Å²) in [4.78, 5) is 10.6. The van der Waals surface area contributed by atoms with Gasteiger partial charge in [-0.1, -0.05) is 60.7 Å². The molecule has 2 aromatic carbocycles. The Balaban J connectivity index is 1.59. The lowest BCUT2D eigenvalue weighted by Crippen LogP contribution is -2.23. The van der Waals surface area contributed by atoms with E-state index in [0.29, 0.717) is 6.04 Å². The summed E-state index contributed by atoms with van der Waals surface area (Å²) >= 11 is 0. The first-order valence-electron chi connectivity index (χ1n) is 7.94. The molecule has 1 unspecified atom stereocenters. The van der Waals surface area contributed by atoms with Gasteiger partial charge in [-0.3, -0.25) is 0 Å². The van der Waals surface area contributed by atoms with Crippen molar-refractivity contribution < 1.29 is 0 Å². The van der Waals surface area contributed by atoms with E-state index in [-0.39, 0.29) is 0 Å². The topological polar surface area (TPSA) is 31.9 Å². The summed E-state index contributed by atoms with van der Waals surface area (Å²) in [5, 5.41) is 0. The molecular formula is C20H19N3. The molecule has 2 heterocycles. The SMILES string of the molecule is CC(c1ccccc1)N1C=Cc2[nH]c(-c3ccccc3)nc2C1. The zero-order valence-electron chi connectivity index (χ0n) is 13.1. The molecule has 3 nitrogen and oxygen atoms in total. The Kier molecular flexibility index (Phi) is 3.46. The number of rotatable bonds is 3. The van der Waals surface area contributed by atoms with Gasteiger partial charge in [0.2, 0.25) is 0 Å². The van der Waals surface area contributed by atoms with Gasteiger partial charge < -0.3 is 9.88 Å². The molecule has 0 amide bonds. The highest BCUT2D eigenvalue weighted by Crippen LogP contribution is 2.28. The molecule has 3 aromatic rings. The number of aromatic amines is 1. The van der Waals surface area contributed by atoms with Crippen LogP contribution in [0.3, 0.4) is 0 Å². The van der Waals surface area contributed by atoms with Gasteiger partial charge in [-0.25, -0.2) is 4.98 Å². The van der Waals surface area contributed by atoms with Crippen LogP contribution in [0.25, 0.3) is 17.5 Å². The normalized spacial score (nSPS) is 14.6. The van der Waals surface area contributed by atoms with Crippen LogP contribution in [-0.4, -0.2) is 14.9 Å². The van der Waals surface area contributed by atoms with Crippen LogP contribution in [0.5, 0.6) is 0 Å². The van der Waals surface area contributed by atoms with Gasteiger partial charge in [0.15, 0.2) is 0 Å². The summed E-state index contributed by atoms with van der Waals surface area (Å²) < 4.78 is 0. The summed E-state index contributed by atoms with van der Waals surface area (Å²) in [5.74, 6) is 0.939. The van der Waals surface area contributed by atoms with Crippen molar-refractivity contribution in [1.29, 1.82) is 0 Å². The van der Waals surface area contributed by atoms with Gasteiger partial charge in [-0.2, -0.15) is 0 Å². The Morgan fingerprint density at radius 3 is 2.43 bits per heavy atom. The highest BCUT2D eigenvalue weighted by molar-refractivity contribution is 5.60. The van der Waals surface area contributed by atoms with Crippen molar-refractivity contribution in [2.45, 2.75) is 19.5 Å². The maximum Gasteiger partial charge on any atom is 0.138 e. The van der Waals surface area contributed by atoms with Crippen LogP contribution in [-0.2, 0) is 6.54 Å². The number of imidazole rings is 1. The molecule has 0 fully saturated rings. The van der Waals surface area contributed by atoms with Crippen molar-refractivity contribution in [3.63, 3.8) is 0 Å².